The van der Waals surface area contributed by atoms with Crippen molar-refractivity contribution in [3.8, 4) is 17.0 Å². The molecule has 150 valence electrons. The van der Waals surface area contributed by atoms with Crippen LogP contribution in [0, 0.1) is 10.1 Å². The van der Waals surface area contributed by atoms with Gasteiger partial charge >= 0.3 is 0 Å². The van der Waals surface area contributed by atoms with Gasteiger partial charge in [-0.15, -0.1) is 0 Å². The van der Waals surface area contributed by atoms with Crippen molar-refractivity contribution < 1.29 is 14.8 Å². The lowest BCUT2D eigenvalue weighted by atomic mass is 10.0. The van der Waals surface area contributed by atoms with Crippen molar-refractivity contribution in [2.24, 2.45) is 0 Å². The van der Waals surface area contributed by atoms with E-state index in [1.54, 1.807) is 29.1 Å². The number of nitro benzene ring substituents is 1. The molecule has 0 aliphatic carbocycles. The first-order valence-electron chi connectivity index (χ1n) is 9.17. The van der Waals surface area contributed by atoms with Crippen LogP contribution >= 0.6 is 0 Å². The largest absolute Gasteiger partial charge is 0.506 e. The van der Waals surface area contributed by atoms with Crippen LogP contribution in [0.25, 0.3) is 22.2 Å². The SMILES string of the molecule is CCn1cc(-c2cc(C(=O)Nc3ccc([N+](=O)[O-])cc3O)c3ccccc3n2)cn1. The number of benzene rings is 2. The van der Waals surface area contributed by atoms with Gasteiger partial charge < -0.3 is 10.4 Å². The summed E-state index contributed by atoms with van der Waals surface area (Å²) in [6, 6.07) is 12.4. The maximum atomic E-state index is 13.0. The van der Waals surface area contributed by atoms with E-state index in [1.807, 2.05) is 25.3 Å². The highest BCUT2D eigenvalue weighted by Crippen LogP contribution is 2.30. The van der Waals surface area contributed by atoms with Crippen LogP contribution in [0.4, 0.5) is 11.4 Å². The molecule has 1 amide bonds. The van der Waals surface area contributed by atoms with Gasteiger partial charge in [-0.3, -0.25) is 19.6 Å². The van der Waals surface area contributed by atoms with Crippen molar-refractivity contribution in [1.82, 2.24) is 14.8 Å². The van der Waals surface area contributed by atoms with Crippen LogP contribution in [0.15, 0.2) is 60.9 Å². The Hall–Kier alpha value is -4.27. The van der Waals surface area contributed by atoms with Crippen molar-refractivity contribution in [3.05, 3.63) is 76.6 Å². The first kappa shape index (κ1) is 19.1. The van der Waals surface area contributed by atoms with Crippen LogP contribution in [0.3, 0.4) is 0 Å². The topological polar surface area (TPSA) is 123 Å². The van der Waals surface area contributed by atoms with Crippen LogP contribution in [-0.4, -0.2) is 30.7 Å². The molecule has 2 N–H and O–H groups in total. The molecular weight excluding hydrogens is 386 g/mol. The molecule has 0 unspecified atom stereocenters. The van der Waals surface area contributed by atoms with Crippen molar-refractivity contribution >= 4 is 28.2 Å². The van der Waals surface area contributed by atoms with Gasteiger partial charge in [0.15, 0.2) is 0 Å². The second-order valence-corrected chi connectivity index (χ2v) is 6.57. The predicted octanol–water partition coefficient (Wildman–Crippen LogP) is 3.98. The molecular formula is C21H17N5O4. The molecule has 0 saturated carbocycles. The molecule has 0 aliphatic rings. The number of nitro groups is 1. The Morgan fingerprint density at radius 1 is 1.23 bits per heavy atom. The molecule has 30 heavy (non-hydrogen) atoms. The summed E-state index contributed by atoms with van der Waals surface area (Å²) >= 11 is 0. The van der Waals surface area contributed by atoms with E-state index in [-0.39, 0.29) is 17.1 Å². The Kier molecular flexibility index (Phi) is 4.85. The fraction of sp³-hybridized carbons (Fsp3) is 0.0952. The summed E-state index contributed by atoms with van der Waals surface area (Å²) in [5.41, 5.74) is 2.16. The zero-order valence-electron chi connectivity index (χ0n) is 15.9. The highest BCUT2D eigenvalue weighted by Gasteiger charge is 2.17. The lowest BCUT2D eigenvalue weighted by molar-refractivity contribution is -0.384. The molecule has 0 atom stereocenters. The Labute approximate surface area is 170 Å². The van der Waals surface area contributed by atoms with Crippen LogP contribution < -0.4 is 5.32 Å². The second kappa shape index (κ2) is 7.63. The van der Waals surface area contributed by atoms with Crippen molar-refractivity contribution in [1.29, 1.82) is 0 Å². The third kappa shape index (κ3) is 3.55. The van der Waals surface area contributed by atoms with Gasteiger partial charge in [-0.1, -0.05) is 18.2 Å². The molecule has 2 aromatic carbocycles. The number of aromatic nitrogens is 3. The van der Waals surface area contributed by atoms with Crippen LogP contribution in [0.2, 0.25) is 0 Å². The smallest absolute Gasteiger partial charge is 0.273 e. The van der Waals surface area contributed by atoms with Crippen LogP contribution in [0.5, 0.6) is 5.75 Å². The van der Waals surface area contributed by atoms with Crippen LogP contribution in [-0.2, 0) is 6.54 Å². The number of amides is 1. The summed E-state index contributed by atoms with van der Waals surface area (Å²) in [6.07, 6.45) is 3.53. The highest BCUT2D eigenvalue weighted by atomic mass is 16.6. The lowest BCUT2D eigenvalue weighted by Gasteiger charge is -2.11. The predicted molar refractivity (Wildman–Crippen MR) is 111 cm³/mol. The number of para-hydroxylation sites is 1. The number of hydrogen-bond donors (Lipinski definition) is 2. The Bertz CT molecular complexity index is 1280. The van der Waals surface area contributed by atoms with E-state index >= 15 is 0 Å². The minimum absolute atomic E-state index is 0.0758. The zero-order valence-corrected chi connectivity index (χ0v) is 15.9. The number of hydrogen-bond acceptors (Lipinski definition) is 6. The number of pyridine rings is 1. The summed E-state index contributed by atoms with van der Waals surface area (Å²) in [5, 5.41) is 28.4. The summed E-state index contributed by atoms with van der Waals surface area (Å²) in [7, 11) is 0. The number of rotatable bonds is 5. The summed E-state index contributed by atoms with van der Waals surface area (Å²) in [4.78, 5) is 27.9. The van der Waals surface area contributed by atoms with Gasteiger partial charge in [0.2, 0.25) is 0 Å². The standard InChI is InChI=1S/C21H17N5O4/c1-2-25-12-13(11-22-25)19-10-16(15-5-3-4-6-17(15)23-19)21(28)24-18-8-7-14(26(29)30)9-20(18)27/h3-12,27H,2H2,1H3,(H,24,28). The lowest BCUT2D eigenvalue weighted by Crippen LogP contribution is -2.13. The van der Waals surface area contributed by atoms with E-state index in [2.05, 4.69) is 15.4 Å². The maximum Gasteiger partial charge on any atom is 0.273 e. The number of phenolic OH excluding ortho intramolecular Hbond substituents is 1. The number of non-ortho nitro benzene ring substituents is 1. The van der Waals surface area contributed by atoms with Crippen molar-refractivity contribution in [3.63, 3.8) is 0 Å². The molecule has 0 aliphatic heterocycles. The highest BCUT2D eigenvalue weighted by molar-refractivity contribution is 6.13. The third-order valence-corrected chi connectivity index (χ3v) is 4.65. The number of carbonyl (C=O) groups excluding carboxylic acids is 1. The van der Waals surface area contributed by atoms with Crippen LogP contribution in [0.1, 0.15) is 17.3 Å². The third-order valence-electron chi connectivity index (χ3n) is 4.65. The summed E-state index contributed by atoms with van der Waals surface area (Å²) in [5.74, 6) is -0.859. The summed E-state index contributed by atoms with van der Waals surface area (Å²) < 4.78 is 1.76. The molecule has 4 aromatic rings. The minimum Gasteiger partial charge on any atom is -0.506 e. The first-order valence-corrected chi connectivity index (χ1v) is 9.17. The van der Waals surface area contributed by atoms with Crippen molar-refractivity contribution in [2.45, 2.75) is 13.5 Å². The fourth-order valence-electron chi connectivity index (χ4n) is 3.11. The number of aromatic hydroxyl groups is 1. The summed E-state index contributed by atoms with van der Waals surface area (Å²) in [6.45, 7) is 2.68. The van der Waals surface area contributed by atoms with Gasteiger partial charge in [0.1, 0.15) is 5.75 Å². The molecule has 9 nitrogen and oxygen atoms in total. The van der Waals surface area contributed by atoms with E-state index < -0.39 is 10.8 Å². The molecule has 4 rings (SSSR count). The molecule has 0 spiro atoms. The van der Waals surface area contributed by atoms with Gasteiger partial charge in [0.05, 0.1) is 39.6 Å². The van der Waals surface area contributed by atoms with E-state index in [4.69, 9.17) is 0 Å². The Morgan fingerprint density at radius 2 is 2.03 bits per heavy atom. The van der Waals surface area contributed by atoms with Gasteiger partial charge in [-0.2, -0.15) is 5.10 Å². The molecule has 0 fully saturated rings. The normalized spacial score (nSPS) is 10.8. The van der Waals surface area contributed by atoms with Crippen molar-refractivity contribution in [2.75, 3.05) is 5.32 Å². The molecule has 0 bridgehead atoms. The Balaban J connectivity index is 1.75. The van der Waals surface area contributed by atoms with E-state index in [0.29, 0.717) is 28.7 Å². The number of anilines is 1. The quantitative estimate of drug-likeness (QED) is 0.295. The van der Waals surface area contributed by atoms with Gasteiger partial charge in [0.25, 0.3) is 11.6 Å². The average Bonchev–Trinajstić information content (AvgIpc) is 3.23. The number of nitrogens with zero attached hydrogens (tertiary/aromatic N) is 4. The van der Waals surface area contributed by atoms with Gasteiger partial charge in [0, 0.05) is 29.8 Å². The van der Waals surface area contributed by atoms with Gasteiger partial charge in [-0.25, -0.2) is 4.98 Å². The number of aryl methyl sites for hydroxylation is 1. The molecule has 2 heterocycles. The monoisotopic (exact) mass is 403 g/mol. The van der Waals surface area contributed by atoms with E-state index in [0.717, 1.165) is 11.6 Å². The van der Waals surface area contributed by atoms with E-state index in [9.17, 15) is 20.0 Å². The first-order chi connectivity index (χ1) is 14.5. The second-order valence-electron chi connectivity index (χ2n) is 6.57. The molecule has 0 saturated heterocycles. The average molecular weight is 403 g/mol. The minimum atomic E-state index is -0.621. The van der Waals surface area contributed by atoms with Gasteiger partial charge in [-0.05, 0) is 25.1 Å². The number of phenols is 1. The molecule has 0 radical (unpaired) electrons. The van der Waals surface area contributed by atoms with E-state index in [1.165, 1.54) is 12.1 Å². The number of carbonyl (C=O) groups is 1. The Morgan fingerprint density at radius 3 is 2.73 bits per heavy atom. The molecule has 9 heteroatoms. The number of fused-ring (bicyclic) bond motifs is 1. The molecule has 2 aromatic heterocycles. The fourth-order valence-corrected chi connectivity index (χ4v) is 3.11. The number of nitrogens with one attached hydrogen (secondary N) is 1. The zero-order chi connectivity index (χ0) is 21.3. The maximum absolute atomic E-state index is 13.0.